The highest BCUT2D eigenvalue weighted by atomic mass is 32.1. The van der Waals surface area contributed by atoms with Crippen LogP contribution in [0.2, 0.25) is 0 Å². The van der Waals surface area contributed by atoms with Gasteiger partial charge in [0.15, 0.2) is 0 Å². The number of amides is 1. The van der Waals surface area contributed by atoms with Gasteiger partial charge in [-0.05, 0) is 29.7 Å². The standard InChI is InChI=1S/C11H12N4OS/c12-11(13)6-1-2-9-7(3-6)4-8(17-9)5-10(16)15-14/h1-4H,5,14H2,(H3,12,13)(H,15,16). The topological polar surface area (TPSA) is 105 Å². The molecule has 0 saturated carbocycles. The van der Waals surface area contributed by atoms with Crippen molar-refractivity contribution >= 4 is 33.2 Å². The Labute approximate surface area is 102 Å². The summed E-state index contributed by atoms with van der Waals surface area (Å²) in [4.78, 5) is 12.1. The summed E-state index contributed by atoms with van der Waals surface area (Å²) in [5.41, 5.74) is 8.21. The van der Waals surface area contributed by atoms with E-state index in [0.29, 0.717) is 5.56 Å². The summed E-state index contributed by atoms with van der Waals surface area (Å²) in [6.45, 7) is 0. The number of amidine groups is 1. The van der Waals surface area contributed by atoms with Gasteiger partial charge >= 0.3 is 0 Å². The van der Waals surface area contributed by atoms with Crippen molar-refractivity contribution in [2.45, 2.75) is 6.42 Å². The van der Waals surface area contributed by atoms with Gasteiger partial charge in [0.2, 0.25) is 5.91 Å². The molecule has 2 aromatic rings. The van der Waals surface area contributed by atoms with Crippen molar-refractivity contribution in [1.29, 1.82) is 5.41 Å². The van der Waals surface area contributed by atoms with Crippen LogP contribution in [-0.4, -0.2) is 11.7 Å². The van der Waals surface area contributed by atoms with Crippen LogP contribution in [0.4, 0.5) is 0 Å². The Hall–Kier alpha value is -1.92. The fourth-order valence-electron chi connectivity index (χ4n) is 1.56. The largest absolute Gasteiger partial charge is 0.384 e. The maximum atomic E-state index is 11.1. The second-order valence-corrected chi connectivity index (χ2v) is 4.79. The normalized spacial score (nSPS) is 10.4. The van der Waals surface area contributed by atoms with E-state index >= 15 is 0 Å². The number of fused-ring (bicyclic) bond motifs is 1. The van der Waals surface area contributed by atoms with E-state index in [1.54, 1.807) is 6.07 Å². The summed E-state index contributed by atoms with van der Waals surface area (Å²) < 4.78 is 1.06. The molecule has 17 heavy (non-hydrogen) atoms. The van der Waals surface area contributed by atoms with Gasteiger partial charge in [0.1, 0.15) is 5.84 Å². The first-order valence-electron chi connectivity index (χ1n) is 4.96. The minimum Gasteiger partial charge on any atom is -0.384 e. The van der Waals surface area contributed by atoms with Crippen LogP contribution in [0.5, 0.6) is 0 Å². The molecule has 1 amide bonds. The third-order valence-corrected chi connectivity index (χ3v) is 3.49. The highest BCUT2D eigenvalue weighted by Gasteiger charge is 2.07. The molecule has 2 rings (SSSR count). The molecule has 0 spiro atoms. The van der Waals surface area contributed by atoms with E-state index in [1.807, 2.05) is 18.2 Å². The molecule has 0 aliphatic carbocycles. The van der Waals surface area contributed by atoms with Gasteiger partial charge in [-0.15, -0.1) is 11.3 Å². The highest BCUT2D eigenvalue weighted by Crippen LogP contribution is 2.26. The first-order chi connectivity index (χ1) is 8.10. The van der Waals surface area contributed by atoms with Crippen molar-refractivity contribution in [2.75, 3.05) is 0 Å². The van der Waals surface area contributed by atoms with Gasteiger partial charge in [0.05, 0.1) is 6.42 Å². The van der Waals surface area contributed by atoms with Gasteiger partial charge in [-0.1, -0.05) is 0 Å². The van der Waals surface area contributed by atoms with Crippen molar-refractivity contribution in [3.05, 3.63) is 34.7 Å². The van der Waals surface area contributed by atoms with Crippen LogP contribution in [0.3, 0.4) is 0 Å². The number of nitrogens with two attached hydrogens (primary N) is 2. The molecule has 0 unspecified atom stereocenters. The zero-order chi connectivity index (χ0) is 12.4. The quantitative estimate of drug-likeness (QED) is 0.211. The summed E-state index contributed by atoms with van der Waals surface area (Å²) in [5, 5.41) is 8.35. The fraction of sp³-hybridized carbons (Fsp3) is 0.0909. The van der Waals surface area contributed by atoms with Crippen LogP contribution in [0.25, 0.3) is 10.1 Å². The molecule has 1 heterocycles. The van der Waals surface area contributed by atoms with Gasteiger partial charge in [0, 0.05) is 15.1 Å². The lowest BCUT2D eigenvalue weighted by Crippen LogP contribution is -2.31. The number of thiophene rings is 1. The summed E-state index contributed by atoms with van der Waals surface area (Å²) in [6.07, 6.45) is 0.269. The summed E-state index contributed by atoms with van der Waals surface area (Å²) in [7, 11) is 0. The lowest BCUT2D eigenvalue weighted by Gasteiger charge is -1.96. The molecule has 0 aliphatic heterocycles. The Balaban J connectivity index is 2.37. The maximum Gasteiger partial charge on any atom is 0.239 e. The zero-order valence-electron chi connectivity index (χ0n) is 8.99. The van der Waals surface area contributed by atoms with Crippen molar-refractivity contribution in [3.63, 3.8) is 0 Å². The lowest BCUT2D eigenvalue weighted by atomic mass is 10.1. The molecule has 1 aromatic carbocycles. The molecule has 0 fully saturated rings. The van der Waals surface area contributed by atoms with E-state index in [2.05, 4.69) is 5.43 Å². The van der Waals surface area contributed by atoms with E-state index in [4.69, 9.17) is 17.0 Å². The molecule has 5 nitrogen and oxygen atoms in total. The fourth-order valence-corrected chi connectivity index (χ4v) is 2.61. The molecule has 0 saturated heterocycles. The molecule has 1 aromatic heterocycles. The van der Waals surface area contributed by atoms with E-state index in [0.717, 1.165) is 15.0 Å². The maximum absolute atomic E-state index is 11.1. The smallest absolute Gasteiger partial charge is 0.239 e. The highest BCUT2D eigenvalue weighted by molar-refractivity contribution is 7.19. The number of carbonyl (C=O) groups excluding carboxylic acids is 1. The first kappa shape index (κ1) is 11.6. The number of nitrogen functional groups attached to an aromatic ring is 1. The Kier molecular flexibility index (Phi) is 3.08. The number of carbonyl (C=O) groups is 1. The summed E-state index contributed by atoms with van der Waals surface area (Å²) >= 11 is 1.53. The third-order valence-electron chi connectivity index (χ3n) is 2.37. The van der Waals surface area contributed by atoms with Gasteiger partial charge < -0.3 is 5.73 Å². The number of hydrogen-bond acceptors (Lipinski definition) is 4. The van der Waals surface area contributed by atoms with E-state index in [-0.39, 0.29) is 18.2 Å². The van der Waals surface area contributed by atoms with Gasteiger partial charge in [0.25, 0.3) is 0 Å². The predicted octanol–water partition coefficient (Wildman–Crippen LogP) is 0.718. The van der Waals surface area contributed by atoms with Crippen molar-refractivity contribution in [3.8, 4) is 0 Å². The molecular formula is C11H12N4OS. The number of rotatable bonds is 3. The molecule has 0 radical (unpaired) electrons. The van der Waals surface area contributed by atoms with Crippen LogP contribution in [-0.2, 0) is 11.2 Å². The molecule has 6 N–H and O–H groups in total. The Morgan fingerprint density at radius 3 is 2.82 bits per heavy atom. The minimum absolute atomic E-state index is 0.0411. The number of nitrogens with one attached hydrogen (secondary N) is 2. The van der Waals surface area contributed by atoms with Crippen molar-refractivity contribution in [1.82, 2.24) is 5.43 Å². The molecule has 0 bridgehead atoms. The molecule has 88 valence electrons. The molecular weight excluding hydrogens is 236 g/mol. The van der Waals surface area contributed by atoms with Crippen LogP contribution in [0.15, 0.2) is 24.3 Å². The van der Waals surface area contributed by atoms with Crippen molar-refractivity contribution in [2.24, 2.45) is 11.6 Å². The molecule has 6 heteroatoms. The first-order valence-corrected chi connectivity index (χ1v) is 5.78. The average molecular weight is 248 g/mol. The van der Waals surface area contributed by atoms with E-state index in [9.17, 15) is 4.79 Å². The van der Waals surface area contributed by atoms with Crippen LogP contribution < -0.4 is 17.0 Å². The van der Waals surface area contributed by atoms with Crippen LogP contribution in [0, 0.1) is 5.41 Å². The van der Waals surface area contributed by atoms with Gasteiger partial charge in [-0.25, -0.2) is 5.84 Å². The lowest BCUT2D eigenvalue weighted by molar-refractivity contribution is -0.120. The summed E-state index contributed by atoms with van der Waals surface area (Å²) in [5.74, 6) is 4.86. The molecule has 0 aliphatic rings. The predicted molar refractivity (Wildman–Crippen MR) is 68.9 cm³/mol. The Morgan fingerprint density at radius 1 is 1.41 bits per heavy atom. The zero-order valence-corrected chi connectivity index (χ0v) is 9.80. The summed E-state index contributed by atoms with van der Waals surface area (Å²) in [6, 6.07) is 7.47. The molecule has 0 atom stereocenters. The second kappa shape index (κ2) is 4.52. The van der Waals surface area contributed by atoms with Gasteiger partial charge in [-0.3, -0.25) is 15.6 Å². The van der Waals surface area contributed by atoms with E-state index in [1.165, 1.54) is 11.3 Å². The average Bonchev–Trinajstić information content (AvgIpc) is 2.69. The van der Waals surface area contributed by atoms with Crippen LogP contribution >= 0.6 is 11.3 Å². The van der Waals surface area contributed by atoms with E-state index < -0.39 is 0 Å². The van der Waals surface area contributed by atoms with Crippen LogP contribution in [0.1, 0.15) is 10.4 Å². The Bertz CT molecular complexity index is 590. The number of hydrazine groups is 1. The number of benzene rings is 1. The van der Waals surface area contributed by atoms with Crippen molar-refractivity contribution < 1.29 is 4.79 Å². The SMILES string of the molecule is N=C(N)c1ccc2sc(CC(=O)NN)cc2c1. The second-order valence-electron chi connectivity index (χ2n) is 3.62. The minimum atomic E-state index is -0.219. The monoisotopic (exact) mass is 248 g/mol. The third kappa shape index (κ3) is 2.43. The number of hydrogen-bond donors (Lipinski definition) is 4. The van der Waals surface area contributed by atoms with Gasteiger partial charge in [-0.2, -0.15) is 0 Å². The Morgan fingerprint density at radius 2 is 2.18 bits per heavy atom.